The fraction of sp³-hybridized carbons (Fsp3) is 0.118. The highest BCUT2D eigenvalue weighted by Crippen LogP contribution is 2.31. The van der Waals surface area contributed by atoms with Crippen molar-refractivity contribution >= 4 is 0 Å². The van der Waals surface area contributed by atoms with Crippen LogP contribution in [0.4, 0.5) is 17.6 Å². The Hall–Kier alpha value is -3.63. The van der Waals surface area contributed by atoms with Crippen LogP contribution in [-0.4, -0.2) is 30.3 Å². The predicted octanol–water partition coefficient (Wildman–Crippen LogP) is 3.60. The molecule has 0 saturated carbocycles. The Morgan fingerprint density at radius 1 is 1.00 bits per heavy atom. The van der Waals surface area contributed by atoms with Gasteiger partial charge in [0.05, 0.1) is 5.56 Å². The second-order valence-corrected chi connectivity index (χ2v) is 5.74. The molecule has 4 rings (SSSR count). The molecule has 28 heavy (non-hydrogen) atoms. The molecule has 11 heteroatoms. The summed E-state index contributed by atoms with van der Waals surface area (Å²) in [7, 11) is 0. The van der Waals surface area contributed by atoms with Gasteiger partial charge < -0.3 is 4.52 Å². The second kappa shape index (κ2) is 6.83. The molecule has 4 aromatic rings. The zero-order valence-corrected chi connectivity index (χ0v) is 13.9. The molecule has 142 valence electrons. The lowest BCUT2D eigenvalue weighted by molar-refractivity contribution is -0.137. The predicted molar refractivity (Wildman–Crippen MR) is 87.0 cm³/mol. The molecule has 0 saturated heterocycles. The number of benzene rings is 2. The lowest BCUT2D eigenvalue weighted by Crippen LogP contribution is -2.06. The van der Waals surface area contributed by atoms with E-state index in [4.69, 9.17) is 4.52 Å². The van der Waals surface area contributed by atoms with E-state index in [1.165, 1.54) is 36.4 Å². The lowest BCUT2D eigenvalue weighted by Gasteiger charge is -2.06. The summed E-state index contributed by atoms with van der Waals surface area (Å²) in [6, 6.07) is 10.1. The first-order valence-corrected chi connectivity index (χ1v) is 7.92. The zero-order valence-electron chi connectivity index (χ0n) is 13.9. The lowest BCUT2D eigenvalue weighted by atomic mass is 10.1. The fourth-order valence-corrected chi connectivity index (χ4v) is 2.41. The van der Waals surface area contributed by atoms with Gasteiger partial charge in [-0.25, -0.2) is 4.39 Å². The van der Waals surface area contributed by atoms with E-state index >= 15 is 0 Å². The van der Waals surface area contributed by atoms with Gasteiger partial charge in [-0.05, 0) is 41.6 Å². The molecule has 0 amide bonds. The average Bonchev–Trinajstić information content (AvgIpc) is 3.32. The van der Waals surface area contributed by atoms with E-state index in [1.807, 2.05) is 0 Å². The first kappa shape index (κ1) is 17.8. The van der Waals surface area contributed by atoms with Gasteiger partial charge in [0.1, 0.15) is 12.4 Å². The Balaban J connectivity index is 1.52. The number of alkyl halides is 3. The Kier molecular flexibility index (Phi) is 4.34. The van der Waals surface area contributed by atoms with Crippen LogP contribution in [0, 0.1) is 5.82 Å². The second-order valence-electron chi connectivity index (χ2n) is 5.74. The summed E-state index contributed by atoms with van der Waals surface area (Å²) in [5, 5.41) is 15.4. The van der Waals surface area contributed by atoms with Crippen molar-refractivity contribution in [3.63, 3.8) is 0 Å². The van der Waals surface area contributed by atoms with Gasteiger partial charge >= 0.3 is 6.18 Å². The maximum atomic E-state index is 13.0. The summed E-state index contributed by atoms with van der Waals surface area (Å²) in [5.74, 6) is 0.0614. The van der Waals surface area contributed by atoms with Gasteiger partial charge in [-0.3, -0.25) is 0 Å². The van der Waals surface area contributed by atoms with Crippen LogP contribution >= 0.6 is 0 Å². The summed E-state index contributed by atoms with van der Waals surface area (Å²) in [6.45, 7) is -0.00332. The molecule has 0 radical (unpaired) electrons. The van der Waals surface area contributed by atoms with Gasteiger partial charge in [0.15, 0.2) is 5.82 Å². The average molecular weight is 390 g/mol. The monoisotopic (exact) mass is 390 g/mol. The molecular weight excluding hydrogens is 380 g/mol. The molecule has 2 aromatic carbocycles. The van der Waals surface area contributed by atoms with Crippen LogP contribution in [0.1, 0.15) is 11.4 Å². The van der Waals surface area contributed by atoms with Crippen molar-refractivity contribution in [3.8, 4) is 22.8 Å². The number of halogens is 4. The summed E-state index contributed by atoms with van der Waals surface area (Å²) in [5.41, 5.74) is -0.0824. The third-order valence-electron chi connectivity index (χ3n) is 3.74. The molecule has 0 N–H and O–H groups in total. The smallest absolute Gasteiger partial charge is 0.334 e. The van der Waals surface area contributed by atoms with E-state index in [0.29, 0.717) is 5.56 Å². The van der Waals surface area contributed by atoms with Gasteiger partial charge in [0, 0.05) is 11.1 Å². The van der Waals surface area contributed by atoms with Crippen molar-refractivity contribution < 1.29 is 22.1 Å². The summed E-state index contributed by atoms with van der Waals surface area (Å²) in [6.07, 6.45) is -4.46. The molecule has 2 heterocycles. The van der Waals surface area contributed by atoms with E-state index in [2.05, 4.69) is 25.6 Å². The van der Waals surface area contributed by atoms with Gasteiger partial charge in [-0.1, -0.05) is 17.3 Å². The quantitative estimate of drug-likeness (QED) is 0.495. The molecule has 0 aliphatic rings. The molecule has 0 aliphatic heterocycles. The van der Waals surface area contributed by atoms with Gasteiger partial charge in [-0.15, -0.1) is 10.2 Å². The summed E-state index contributed by atoms with van der Waals surface area (Å²) >= 11 is 0. The molecule has 0 aliphatic carbocycles. The maximum Gasteiger partial charge on any atom is 0.416 e. The van der Waals surface area contributed by atoms with Crippen molar-refractivity contribution in [2.75, 3.05) is 0 Å². The van der Waals surface area contributed by atoms with Crippen LogP contribution in [0.2, 0.25) is 0 Å². The van der Waals surface area contributed by atoms with Gasteiger partial charge in [-0.2, -0.15) is 23.0 Å². The Morgan fingerprint density at radius 3 is 2.54 bits per heavy atom. The number of aromatic nitrogens is 6. The number of hydrogen-bond acceptors (Lipinski definition) is 6. The first-order valence-electron chi connectivity index (χ1n) is 7.92. The minimum atomic E-state index is -4.46. The molecule has 0 atom stereocenters. The first-order chi connectivity index (χ1) is 13.4. The van der Waals surface area contributed by atoms with Crippen LogP contribution in [0.25, 0.3) is 22.8 Å². The van der Waals surface area contributed by atoms with E-state index in [0.717, 1.165) is 16.9 Å². The van der Waals surface area contributed by atoms with E-state index in [9.17, 15) is 17.6 Å². The van der Waals surface area contributed by atoms with E-state index in [-0.39, 0.29) is 29.6 Å². The standard InChI is InChI=1S/C17H10F4N6O/c18-13-6-4-10(5-7-13)16-22-14(25-28-16)9-27-24-15(23-26-27)11-2-1-3-12(8-11)17(19,20)21/h1-8H,9H2. The van der Waals surface area contributed by atoms with E-state index in [1.54, 1.807) is 0 Å². The zero-order chi connectivity index (χ0) is 19.7. The van der Waals surface area contributed by atoms with Crippen LogP contribution in [-0.2, 0) is 12.7 Å². The molecule has 0 unspecified atom stereocenters. The molecule has 0 spiro atoms. The number of tetrazole rings is 1. The van der Waals surface area contributed by atoms with Crippen molar-refractivity contribution in [2.24, 2.45) is 0 Å². The highest BCUT2D eigenvalue weighted by molar-refractivity contribution is 5.55. The topological polar surface area (TPSA) is 82.5 Å². The van der Waals surface area contributed by atoms with Gasteiger partial charge in [0.2, 0.25) is 5.82 Å². The molecule has 2 aromatic heterocycles. The fourth-order valence-electron chi connectivity index (χ4n) is 2.41. The van der Waals surface area contributed by atoms with Crippen LogP contribution in [0.15, 0.2) is 53.1 Å². The number of rotatable bonds is 4. The maximum absolute atomic E-state index is 13.0. The van der Waals surface area contributed by atoms with Crippen LogP contribution in [0.5, 0.6) is 0 Å². The number of nitrogens with zero attached hydrogens (tertiary/aromatic N) is 6. The van der Waals surface area contributed by atoms with Crippen molar-refractivity contribution in [1.82, 2.24) is 30.3 Å². The number of hydrogen-bond donors (Lipinski definition) is 0. The van der Waals surface area contributed by atoms with Crippen LogP contribution in [0.3, 0.4) is 0 Å². The van der Waals surface area contributed by atoms with Crippen molar-refractivity contribution in [3.05, 3.63) is 65.7 Å². The van der Waals surface area contributed by atoms with E-state index < -0.39 is 17.6 Å². The molecular formula is C17H10F4N6O. The van der Waals surface area contributed by atoms with Crippen molar-refractivity contribution in [2.45, 2.75) is 12.7 Å². The van der Waals surface area contributed by atoms with Crippen LogP contribution < -0.4 is 0 Å². The Morgan fingerprint density at radius 2 is 1.79 bits per heavy atom. The minimum Gasteiger partial charge on any atom is -0.334 e. The highest BCUT2D eigenvalue weighted by atomic mass is 19.4. The molecule has 7 nitrogen and oxygen atoms in total. The normalized spacial score (nSPS) is 11.7. The minimum absolute atomic E-state index is 0.00332. The summed E-state index contributed by atoms with van der Waals surface area (Å²) < 4.78 is 56.6. The molecule has 0 bridgehead atoms. The third kappa shape index (κ3) is 3.72. The molecule has 0 fully saturated rings. The Labute approximate surface area is 154 Å². The van der Waals surface area contributed by atoms with Crippen molar-refractivity contribution in [1.29, 1.82) is 0 Å². The van der Waals surface area contributed by atoms with Gasteiger partial charge in [0.25, 0.3) is 5.89 Å². The third-order valence-corrected chi connectivity index (χ3v) is 3.74. The largest absolute Gasteiger partial charge is 0.416 e. The SMILES string of the molecule is Fc1ccc(-c2nc(Cn3nnc(-c4cccc(C(F)(F)F)c4)n3)no2)cc1. The summed E-state index contributed by atoms with van der Waals surface area (Å²) in [4.78, 5) is 5.29. The Bertz CT molecular complexity index is 1100. The highest BCUT2D eigenvalue weighted by Gasteiger charge is 2.30.